The summed E-state index contributed by atoms with van der Waals surface area (Å²) in [6.07, 6.45) is 0. The van der Waals surface area contributed by atoms with E-state index in [1.807, 2.05) is 31.2 Å². The number of hydrogen-bond donors (Lipinski definition) is 0. The molecule has 2 heterocycles. The zero-order valence-corrected chi connectivity index (χ0v) is 17.5. The number of piperazine rings is 1. The van der Waals surface area contributed by atoms with Crippen molar-refractivity contribution in [2.75, 3.05) is 31.1 Å². The molecule has 7 heteroatoms. The lowest BCUT2D eigenvalue weighted by Crippen LogP contribution is -2.48. The average Bonchev–Trinajstić information content (AvgIpc) is 3.22. The molecule has 0 saturated carbocycles. The Morgan fingerprint density at radius 1 is 1.03 bits per heavy atom. The first-order valence-corrected chi connectivity index (χ1v) is 11.1. The number of benzene rings is 2. The van der Waals surface area contributed by atoms with E-state index < -0.39 is 10.8 Å². The molecule has 1 aromatic heterocycles. The Morgan fingerprint density at radius 2 is 1.77 bits per heavy atom. The van der Waals surface area contributed by atoms with Gasteiger partial charge in [-0.2, -0.15) is 0 Å². The van der Waals surface area contributed by atoms with Crippen LogP contribution in [0.2, 0.25) is 0 Å². The molecule has 0 aliphatic carbocycles. The Hall–Kier alpha value is -2.93. The Labute approximate surface area is 177 Å². The van der Waals surface area contributed by atoms with Crippen LogP contribution < -0.4 is 4.90 Å². The van der Waals surface area contributed by atoms with Crippen molar-refractivity contribution in [1.29, 1.82) is 0 Å². The van der Waals surface area contributed by atoms with Crippen molar-refractivity contribution in [3.63, 3.8) is 0 Å². The summed E-state index contributed by atoms with van der Waals surface area (Å²) in [4.78, 5) is 17.4. The SMILES string of the molecule is Cc1cccc(S(=O)Cc2ccc(C(=O)N3CCN(c4ccc(F)cc4)CC3)o2)c1. The summed E-state index contributed by atoms with van der Waals surface area (Å²) in [6.45, 7) is 4.41. The van der Waals surface area contributed by atoms with Gasteiger partial charge in [0.25, 0.3) is 5.91 Å². The lowest BCUT2D eigenvalue weighted by Gasteiger charge is -2.35. The molecule has 3 aromatic rings. The molecule has 0 radical (unpaired) electrons. The quantitative estimate of drug-likeness (QED) is 0.619. The number of aryl methyl sites for hydroxylation is 1. The summed E-state index contributed by atoms with van der Waals surface area (Å²) in [6, 6.07) is 17.3. The molecule has 1 unspecified atom stereocenters. The third kappa shape index (κ3) is 4.62. The first kappa shape index (κ1) is 20.3. The number of halogens is 1. The minimum Gasteiger partial charge on any atom is -0.455 e. The van der Waals surface area contributed by atoms with Crippen LogP contribution in [0, 0.1) is 12.7 Å². The van der Waals surface area contributed by atoms with Crippen LogP contribution >= 0.6 is 0 Å². The van der Waals surface area contributed by atoms with Gasteiger partial charge in [0, 0.05) is 36.8 Å². The predicted molar refractivity (Wildman–Crippen MR) is 115 cm³/mol. The Kier molecular flexibility index (Phi) is 5.99. The number of anilines is 1. The van der Waals surface area contributed by atoms with Crippen molar-refractivity contribution in [2.45, 2.75) is 17.6 Å². The number of rotatable bonds is 5. The molecule has 1 aliphatic heterocycles. The third-order valence-electron chi connectivity index (χ3n) is 5.16. The van der Waals surface area contributed by atoms with Crippen LogP contribution in [0.3, 0.4) is 0 Å². The molecular formula is C23H23FN2O3S. The van der Waals surface area contributed by atoms with Crippen LogP contribution in [0.15, 0.2) is 70.0 Å². The van der Waals surface area contributed by atoms with Gasteiger partial charge >= 0.3 is 0 Å². The second-order valence-electron chi connectivity index (χ2n) is 7.33. The zero-order chi connectivity index (χ0) is 21.1. The van der Waals surface area contributed by atoms with Gasteiger partial charge in [-0.3, -0.25) is 9.00 Å². The fourth-order valence-electron chi connectivity index (χ4n) is 3.52. The van der Waals surface area contributed by atoms with Crippen LogP contribution in [0.4, 0.5) is 10.1 Å². The molecule has 1 amide bonds. The number of hydrogen-bond acceptors (Lipinski definition) is 4. The van der Waals surface area contributed by atoms with Gasteiger partial charge in [0.1, 0.15) is 11.6 Å². The molecule has 1 aliphatic rings. The monoisotopic (exact) mass is 426 g/mol. The third-order valence-corrected chi connectivity index (χ3v) is 6.48. The topological polar surface area (TPSA) is 53.8 Å². The van der Waals surface area contributed by atoms with Gasteiger partial charge in [-0.1, -0.05) is 12.1 Å². The van der Waals surface area contributed by atoms with E-state index in [-0.39, 0.29) is 23.2 Å². The number of carbonyl (C=O) groups excluding carboxylic acids is 1. The maximum absolute atomic E-state index is 13.1. The largest absolute Gasteiger partial charge is 0.455 e. The maximum atomic E-state index is 13.1. The van der Waals surface area contributed by atoms with E-state index in [9.17, 15) is 13.4 Å². The normalized spacial score (nSPS) is 15.3. The Balaban J connectivity index is 1.35. The summed E-state index contributed by atoms with van der Waals surface area (Å²) in [5.74, 6) is 0.602. The molecule has 5 nitrogen and oxygen atoms in total. The summed E-state index contributed by atoms with van der Waals surface area (Å²) >= 11 is 0. The first-order chi connectivity index (χ1) is 14.5. The molecule has 1 saturated heterocycles. The van der Waals surface area contributed by atoms with Crippen molar-refractivity contribution < 1.29 is 17.8 Å². The molecule has 0 N–H and O–H groups in total. The van der Waals surface area contributed by atoms with E-state index in [0.29, 0.717) is 31.9 Å². The summed E-state index contributed by atoms with van der Waals surface area (Å²) < 4.78 is 31.4. The highest BCUT2D eigenvalue weighted by atomic mass is 32.2. The minimum absolute atomic E-state index is 0.165. The molecule has 4 rings (SSSR count). The summed E-state index contributed by atoms with van der Waals surface area (Å²) in [5, 5.41) is 0. The fraction of sp³-hybridized carbons (Fsp3) is 0.261. The fourth-order valence-corrected chi connectivity index (χ4v) is 4.64. The van der Waals surface area contributed by atoms with E-state index in [1.165, 1.54) is 12.1 Å². The van der Waals surface area contributed by atoms with Gasteiger partial charge < -0.3 is 14.2 Å². The number of nitrogens with zero attached hydrogens (tertiary/aromatic N) is 2. The van der Waals surface area contributed by atoms with E-state index in [2.05, 4.69) is 4.90 Å². The molecular weight excluding hydrogens is 403 g/mol. The van der Waals surface area contributed by atoms with Gasteiger partial charge in [-0.05, 0) is 61.0 Å². The van der Waals surface area contributed by atoms with Crippen molar-refractivity contribution in [3.05, 3.63) is 83.6 Å². The smallest absolute Gasteiger partial charge is 0.289 e. The highest BCUT2D eigenvalue weighted by Gasteiger charge is 2.24. The van der Waals surface area contributed by atoms with Crippen LogP contribution in [-0.2, 0) is 16.6 Å². The molecule has 2 aromatic carbocycles. The van der Waals surface area contributed by atoms with Gasteiger partial charge in [0.15, 0.2) is 5.76 Å². The van der Waals surface area contributed by atoms with E-state index in [4.69, 9.17) is 4.42 Å². The average molecular weight is 427 g/mol. The molecule has 30 heavy (non-hydrogen) atoms. The van der Waals surface area contributed by atoms with Crippen LogP contribution in [0.5, 0.6) is 0 Å². The van der Waals surface area contributed by atoms with Crippen LogP contribution in [-0.4, -0.2) is 41.2 Å². The predicted octanol–water partition coefficient (Wildman–Crippen LogP) is 4.00. The number of amides is 1. The number of carbonyl (C=O) groups is 1. The van der Waals surface area contributed by atoms with Crippen LogP contribution in [0.1, 0.15) is 21.9 Å². The second kappa shape index (κ2) is 8.83. The van der Waals surface area contributed by atoms with Gasteiger partial charge in [-0.15, -0.1) is 0 Å². The van der Waals surface area contributed by atoms with E-state index >= 15 is 0 Å². The second-order valence-corrected chi connectivity index (χ2v) is 8.78. The van der Waals surface area contributed by atoms with E-state index in [1.54, 1.807) is 29.2 Å². The molecule has 0 spiro atoms. The van der Waals surface area contributed by atoms with E-state index in [0.717, 1.165) is 16.1 Å². The minimum atomic E-state index is -1.23. The van der Waals surface area contributed by atoms with Gasteiger partial charge in [0.2, 0.25) is 0 Å². The zero-order valence-electron chi connectivity index (χ0n) is 16.7. The molecule has 1 fully saturated rings. The Morgan fingerprint density at radius 3 is 2.47 bits per heavy atom. The highest BCUT2D eigenvalue weighted by molar-refractivity contribution is 7.84. The summed E-state index contributed by atoms with van der Waals surface area (Å²) in [5.41, 5.74) is 2.00. The Bertz CT molecular complexity index is 1060. The molecule has 156 valence electrons. The van der Waals surface area contributed by atoms with Crippen molar-refractivity contribution in [3.8, 4) is 0 Å². The first-order valence-electron chi connectivity index (χ1n) is 9.83. The van der Waals surface area contributed by atoms with Crippen LogP contribution in [0.25, 0.3) is 0 Å². The molecule has 1 atom stereocenters. The number of furan rings is 1. The van der Waals surface area contributed by atoms with Crippen molar-refractivity contribution in [2.24, 2.45) is 0 Å². The highest BCUT2D eigenvalue weighted by Crippen LogP contribution is 2.20. The standard InChI is InChI=1S/C23H23FN2O3S/c1-17-3-2-4-21(15-17)30(28)16-20-9-10-22(29-20)23(27)26-13-11-25(12-14-26)19-7-5-18(24)6-8-19/h2-10,15H,11-14,16H2,1H3. The molecule has 0 bridgehead atoms. The lowest BCUT2D eigenvalue weighted by molar-refractivity contribution is 0.0713. The maximum Gasteiger partial charge on any atom is 0.289 e. The summed E-state index contributed by atoms with van der Waals surface area (Å²) in [7, 11) is -1.23. The lowest BCUT2D eigenvalue weighted by atomic mass is 10.2. The van der Waals surface area contributed by atoms with Crippen molar-refractivity contribution >= 4 is 22.4 Å². The van der Waals surface area contributed by atoms with Gasteiger partial charge in [0.05, 0.1) is 16.6 Å². The van der Waals surface area contributed by atoms with Gasteiger partial charge in [-0.25, -0.2) is 4.39 Å². The van der Waals surface area contributed by atoms with Crippen molar-refractivity contribution in [1.82, 2.24) is 4.90 Å².